The highest BCUT2D eigenvalue weighted by Gasteiger charge is 2.40. The molecule has 1 aromatic carbocycles. The SMILES string of the molecule is N#CC1(C(=O)Nc2ccc(Cl)cc2I)CCOCC1. The number of benzene rings is 1. The van der Waals surface area contributed by atoms with Crippen molar-refractivity contribution in [3.63, 3.8) is 0 Å². The largest absolute Gasteiger partial charge is 0.381 e. The molecule has 1 aliphatic heterocycles. The van der Waals surface area contributed by atoms with Gasteiger partial charge in [-0.2, -0.15) is 5.26 Å². The van der Waals surface area contributed by atoms with E-state index < -0.39 is 5.41 Å². The highest BCUT2D eigenvalue weighted by atomic mass is 127. The first-order valence-electron chi connectivity index (χ1n) is 5.83. The molecular weight excluding hydrogens is 379 g/mol. The second kappa shape index (κ2) is 6.07. The van der Waals surface area contributed by atoms with E-state index in [0.29, 0.717) is 36.8 Å². The van der Waals surface area contributed by atoms with Crippen LogP contribution in [0.3, 0.4) is 0 Å². The van der Waals surface area contributed by atoms with Gasteiger partial charge in [0.15, 0.2) is 0 Å². The molecule has 1 heterocycles. The Kier molecular flexibility index (Phi) is 4.66. The van der Waals surface area contributed by atoms with Gasteiger partial charge in [0.1, 0.15) is 5.41 Å². The summed E-state index contributed by atoms with van der Waals surface area (Å²) in [4.78, 5) is 12.3. The number of amides is 1. The lowest BCUT2D eigenvalue weighted by Gasteiger charge is -2.29. The van der Waals surface area contributed by atoms with Crippen molar-refractivity contribution in [3.05, 3.63) is 26.8 Å². The van der Waals surface area contributed by atoms with Crippen molar-refractivity contribution >= 4 is 45.8 Å². The van der Waals surface area contributed by atoms with Gasteiger partial charge < -0.3 is 10.1 Å². The van der Waals surface area contributed by atoms with E-state index in [1.807, 2.05) is 0 Å². The second-order valence-corrected chi connectivity index (χ2v) is 5.98. The van der Waals surface area contributed by atoms with Crippen LogP contribution in [0.15, 0.2) is 18.2 Å². The average molecular weight is 391 g/mol. The Bertz CT molecular complexity index is 536. The lowest BCUT2D eigenvalue weighted by atomic mass is 9.81. The summed E-state index contributed by atoms with van der Waals surface area (Å²) in [6.45, 7) is 0.886. The number of ether oxygens (including phenoxy) is 1. The zero-order valence-electron chi connectivity index (χ0n) is 10.1. The fourth-order valence-corrected chi connectivity index (χ4v) is 2.95. The van der Waals surface area contributed by atoms with Gasteiger partial charge >= 0.3 is 0 Å². The van der Waals surface area contributed by atoms with Gasteiger partial charge in [0, 0.05) is 21.8 Å². The van der Waals surface area contributed by atoms with Crippen LogP contribution < -0.4 is 5.32 Å². The van der Waals surface area contributed by atoms with E-state index in [-0.39, 0.29) is 5.91 Å². The van der Waals surface area contributed by atoms with Crippen molar-refractivity contribution in [1.29, 1.82) is 5.26 Å². The minimum atomic E-state index is -0.985. The van der Waals surface area contributed by atoms with E-state index in [1.165, 1.54) is 0 Å². The van der Waals surface area contributed by atoms with Crippen LogP contribution >= 0.6 is 34.2 Å². The minimum Gasteiger partial charge on any atom is -0.381 e. The van der Waals surface area contributed by atoms with E-state index in [9.17, 15) is 10.1 Å². The maximum absolute atomic E-state index is 12.3. The van der Waals surface area contributed by atoms with Gasteiger partial charge in [0.05, 0.1) is 11.8 Å². The number of hydrogen-bond acceptors (Lipinski definition) is 3. The lowest BCUT2D eigenvalue weighted by Crippen LogP contribution is -2.40. The topological polar surface area (TPSA) is 62.1 Å². The van der Waals surface area contributed by atoms with E-state index in [2.05, 4.69) is 34.0 Å². The fourth-order valence-electron chi connectivity index (χ4n) is 1.94. The Morgan fingerprint density at radius 2 is 2.16 bits per heavy atom. The first-order valence-corrected chi connectivity index (χ1v) is 7.28. The summed E-state index contributed by atoms with van der Waals surface area (Å²) in [5.41, 5.74) is -0.308. The summed E-state index contributed by atoms with van der Waals surface area (Å²) < 4.78 is 6.06. The zero-order valence-corrected chi connectivity index (χ0v) is 13.0. The number of nitrogens with one attached hydrogen (secondary N) is 1. The number of nitriles is 1. The van der Waals surface area contributed by atoms with Crippen molar-refractivity contribution in [2.45, 2.75) is 12.8 Å². The molecule has 19 heavy (non-hydrogen) atoms. The molecule has 0 bridgehead atoms. The molecule has 1 saturated heterocycles. The van der Waals surface area contributed by atoms with Crippen LogP contribution in [0.4, 0.5) is 5.69 Å². The van der Waals surface area contributed by atoms with Crippen LogP contribution in [0.1, 0.15) is 12.8 Å². The normalized spacial score (nSPS) is 17.5. The fraction of sp³-hybridized carbons (Fsp3) is 0.385. The first-order chi connectivity index (χ1) is 9.07. The Morgan fingerprint density at radius 1 is 1.47 bits per heavy atom. The van der Waals surface area contributed by atoms with E-state index in [0.717, 1.165) is 3.57 Å². The van der Waals surface area contributed by atoms with Crippen LogP contribution in [0, 0.1) is 20.3 Å². The third-order valence-electron chi connectivity index (χ3n) is 3.17. The van der Waals surface area contributed by atoms with Crippen molar-refractivity contribution in [1.82, 2.24) is 0 Å². The van der Waals surface area contributed by atoms with Crippen molar-refractivity contribution in [2.75, 3.05) is 18.5 Å². The molecule has 4 nitrogen and oxygen atoms in total. The molecule has 0 radical (unpaired) electrons. The quantitative estimate of drug-likeness (QED) is 0.789. The summed E-state index contributed by atoms with van der Waals surface area (Å²) in [5.74, 6) is -0.265. The molecule has 1 aliphatic rings. The highest BCUT2D eigenvalue weighted by Crippen LogP contribution is 2.32. The van der Waals surface area contributed by atoms with E-state index >= 15 is 0 Å². The van der Waals surface area contributed by atoms with Crippen LogP contribution in [0.2, 0.25) is 5.02 Å². The number of carbonyl (C=O) groups is 1. The van der Waals surface area contributed by atoms with Crippen LogP contribution in [0.25, 0.3) is 0 Å². The molecule has 0 aromatic heterocycles. The molecule has 0 atom stereocenters. The molecule has 1 amide bonds. The lowest BCUT2D eigenvalue weighted by molar-refractivity contribution is -0.126. The Balaban J connectivity index is 2.18. The van der Waals surface area contributed by atoms with Crippen molar-refractivity contribution in [2.24, 2.45) is 5.41 Å². The minimum absolute atomic E-state index is 0.265. The van der Waals surface area contributed by atoms with Gasteiger partial charge in [-0.05, 0) is 53.6 Å². The van der Waals surface area contributed by atoms with Gasteiger partial charge in [0.2, 0.25) is 5.91 Å². The van der Waals surface area contributed by atoms with Gasteiger partial charge in [-0.3, -0.25) is 4.79 Å². The first kappa shape index (κ1) is 14.6. The zero-order chi connectivity index (χ0) is 13.9. The molecule has 0 unspecified atom stereocenters. The van der Waals surface area contributed by atoms with Crippen LogP contribution in [-0.4, -0.2) is 19.1 Å². The monoisotopic (exact) mass is 390 g/mol. The van der Waals surface area contributed by atoms with Gasteiger partial charge in [-0.25, -0.2) is 0 Å². The summed E-state index contributed by atoms with van der Waals surface area (Å²) in [7, 11) is 0. The molecule has 1 aromatic rings. The molecule has 100 valence electrons. The Labute approximate surface area is 130 Å². The van der Waals surface area contributed by atoms with Gasteiger partial charge in [-0.15, -0.1) is 0 Å². The smallest absolute Gasteiger partial charge is 0.245 e. The summed E-state index contributed by atoms with van der Waals surface area (Å²) in [6.07, 6.45) is 0.860. The number of hydrogen-bond donors (Lipinski definition) is 1. The number of nitrogens with zero attached hydrogens (tertiary/aromatic N) is 1. The van der Waals surface area contributed by atoms with Gasteiger partial charge in [0.25, 0.3) is 0 Å². The number of anilines is 1. The maximum atomic E-state index is 12.3. The molecule has 1 fully saturated rings. The average Bonchev–Trinajstić information content (AvgIpc) is 2.42. The molecule has 0 saturated carbocycles. The predicted octanol–water partition coefficient (Wildman–Crippen LogP) is 3.20. The molecule has 2 rings (SSSR count). The van der Waals surface area contributed by atoms with Gasteiger partial charge in [-0.1, -0.05) is 11.6 Å². The predicted molar refractivity (Wildman–Crippen MR) is 80.9 cm³/mol. The third kappa shape index (κ3) is 3.19. The van der Waals surface area contributed by atoms with E-state index in [1.54, 1.807) is 18.2 Å². The summed E-state index contributed by atoms with van der Waals surface area (Å²) in [5, 5.41) is 12.7. The van der Waals surface area contributed by atoms with Crippen LogP contribution in [-0.2, 0) is 9.53 Å². The van der Waals surface area contributed by atoms with Crippen molar-refractivity contribution in [3.8, 4) is 6.07 Å². The standard InChI is InChI=1S/C13H12ClIN2O2/c14-9-1-2-11(10(15)7-9)17-12(18)13(8-16)3-5-19-6-4-13/h1-2,7H,3-6H2,(H,17,18). The molecule has 6 heteroatoms. The number of halogens is 2. The maximum Gasteiger partial charge on any atom is 0.245 e. The third-order valence-corrected chi connectivity index (χ3v) is 4.30. The van der Waals surface area contributed by atoms with Crippen LogP contribution in [0.5, 0.6) is 0 Å². The molecule has 1 N–H and O–H groups in total. The summed E-state index contributed by atoms with van der Waals surface area (Å²) >= 11 is 7.97. The molecule has 0 aliphatic carbocycles. The summed E-state index contributed by atoms with van der Waals surface area (Å²) in [6, 6.07) is 7.37. The Hall–Kier alpha value is -0.840. The van der Waals surface area contributed by atoms with E-state index in [4.69, 9.17) is 16.3 Å². The second-order valence-electron chi connectivity index (χ2n) is 4.38. The number of rotatable bonds is 2. The number of carbonyl (C=O) groups excluding carboxylic acids is 1. The van der Waals surface area contributed by atoms with Crippen molar-refractivity contribution < 1.29 is 9.53 Å². The molecule has 0 spiro atoms. The Morgan fingerprint density at radius 3 is 2.74 bits per heavy atom. The highest BCUT2D eigenvalue weighted by molar-refractivity contribution is 14.1. The molecular formula is C13H12ClIN2O2.